The third-order valence-electron chi connectivity index (χ3n) is 7.52. The van der Waals surface area contributed by atoms with E-state index in [9.17, 15) is 30.4 Å². The standard InChI is InChI=1S/C30H38F2N6O6S2/c1-4-5-14-38(30(39)35-27-18-28(46(33,42)43)26(32)17-25(27)31)23-12-15-37(16-13-23)19-21-6-11-29(34-20(21)2)44-24-9-7-22(8-10-24)36-45(3,40)41/h6-11,17-18,23,36H,4-5,12-16,19H2,1-3H3,(H,35,39)(H2,33,42,43). The molecule has 12 nitrogen and oxygen atoms in total. The fraction of sp³-hybridized carbons (Fsp3) is 0.400. The first kappa shape index (κ1) is 35.0. The van der Waals surface area contributed by atoms with Crippen LogP contribution < -0.4 is 19.9 Å². The lowest BCUT2D eigenvalue weighted by atomic mass is 10.0. The topological polar surface area (TPSA) is 164 Å². The summed E-state index contributed by atoms with van der Waals surface area (Å²) in [5, 5.41) is 7.45. The van der Waals surface area contributed by atoms with Gasteiger partial charge in [-0.2, -0.15) is 0 Å². The van der Waals surface area contributed by atoms with Crippen LogP contribution in [0.15, 0.2) is 53.4 Å². The van der Waals surface area contributed by atoms with E-state index >= 15 is 0 Å². The van der Waals surface area contributed by atoms with Gasteiger partial charge in [0, 0.05) is 55.7 Å². The van der Waals surface area contributed by atoms with Gasteiger partial charge in [0.1, 0.15) is 22.3 Å². The molecule has 3 aromatic rings. The molecule has 0 radical (unpaired) electrons. The summed E-state index contributed by atoms with van der Waals surface area (Å²) in [4.78, 5) is 20.8. The molecule has 2 amide bonds. The molecule has 0 aliphatic carbocycles. The van der Waals surface area contributed by atoms with Crippen molar-refractivity contribution in [2.24, 2.45) is 5.14 Å². The van der Waals surface area contributed by atoms with Gasteiger partial charge in [0.25, 0.3) is 0 Å². The van der Waals surface area contributed by atoms with Crippen molar-refractivity contribution in [3.63, 3.8) is 0 Å². The van der Waals surface area contributed by atoms with Gasteiger partial charge in [-0.1, -0.05) is 19.4 Å². The van der Waals surface area contributed by atoms with Crippen LogP contribution in [0.3, 0.4) is 0 Å². The lowest BCUT2D eigenvalue weighted by Crippen LogP contribution is -2.49. The Kier molecular flexibility index (Phi) is 11.2. The van der Waals surface area contributed by atoms with Crippen LogP contribution in [0.1, 0.15) is 43.9 Å². The molecule has 0 unspecified atom stereocenters. The highest BCUT2D eigenvalue weighted by molar-refractivity contribution is 7.92. The summed E-state index contributed by atoms with van der Waals surface area (Å²) in [6, 6.07) is 10.5. The van der Waals surface area contributed by atoms with Crippen molar-refractivity contribution in [3.05, 3.63) is 71.4 Å². The Morgan fingerprint density at radius 3 is 2.33 bits per heavy atom. The number of aryl methyl sites for hydroxylation is 1. The number of anilines is 2. The number of urea groups is 1. The Bertz CT molecular complexity index is 1770. The Labute approximate surface area is 268 Å². The molecule has 0 spiro atoms. The predicted molar refractivity (Wildman–Crippen MR) is 171 cm³/mol. The van der Waals surface area contributed by atoms with Gasteiger partial charge in [0.05, 0.1) is 11.9 Å². The number of sulfonamides is 2. The number of primary sulfonamides is 1. The summed E-state index contributed by atoms with van der Waals surface area (Å²) in [5.41, 5.74) is 1.76. The molecule has 1 aliphatic rings. The molecule has 1 aromatic heterocycles. The van der Waals surface area contributed by atoms with Crippen LogP contribution in [-0.2, 0) is 26.6 Å². The van der Waals surface area contributed by atoms with Crippen molar-refractivity contribution in [1.29, 1.82) is 0 Å². The predicted octanol–water partition coefficient (Wildman–Crippen LogP) is 4.78. The molecule has 1 fully saturated rings. The number of amides is 2. The number of rotatable bonds is 12. The van der Waals surface area contributed by atoms with Crippen molar-refractivity contribution in [1.82, 2.24) is 14.8 Å². The van der Waals surface area contributed by atoms with Gasteiger partial charge in [-0.3, -0.25) is 9.62 Å². The fourth-order valence-corrected chi connectivity index (χ4v) is 6.33. The molecule has 1 saturated heterocycles. The maximum atomic E-state index is 14.5. The first-order valence-corrected chi connectivity index (χ1v) is 18.1. The second-order valence-corrected chi connectivity index (χ2v) is 14.5. The SMILES string of the molecule is CCCCN(C(=O)Nc1cc(S(N)(=O)=O)c(F)cc1F)C1CCN(Cc2ccc(Oc3ccc(NS(C)(=O)=O)cc3)nc2C)CC1. The largest absolute Gasteiger partial charge is 0.439 e. The molecule has 4 N–H and O–H groups in total. The second kappa shape index (κ2) is 14.7. The van der Waals surface area contributed by atoms with Crippen molar-refractivity contribution in [3.8, 4) is 11.6 Å². The fourth-order valence-electron chi connectivity index (χ4n) is 5.16. The van der Waals surface area contributed by atoms with E-state index in [4.69, 9.17) is 9.88 Å². The van der Waals surface area contributed by atoms with Crippen molar-refractivity contribution < 1.29 is 35.1 Å². The van der Waals surface area contributed by atoms with Gasteiger partial charge >= 0.3 is 6.03 Å². The summed E-state index contributed by atoms with van der Waals surface area (Å²) < 4.78 is 82.9. The first-order valence-electron chi connectivity index (χ1n) is 14.7. The third kappa shape index (κ3) is 9.57. The number of ether oxygens (including phenoxy) is 1. The summed E-state index contributed by atoms with van der Waals surface area (Å²) in [5.74, 6) is -1.54. The number of aromatic nitrogens is 1. The van der Waals surface area contributed by atoms with E-state index in [-0.39, 0.29) is 6.04 Å². The average molecular weight is 681 g/mol. The van der Waals surface area contributed by atoms with Crippen LogP contribution >= 0.6 is 0 Å². The molecule has 0 bridgehead atoms. The number of likely N-dealkylation sites (tertiary alicyclic amines) is 1. The Morgan fingerprint density at radius 1 is 1.07 bits per heavy atom. The second-order valence-electron chi connectivity index (χ2n) is 11.2. The monoisotopic (exact) mass is 680 g/mol. The minimum Gasteiger partial charge on any atom is -0.439 e. The number of halogens is 2. The molecule has 16 heteroatoms. The molecular formula is C30H38F2N6O6S2. The number of pyridine rings is 1. The lowest BCUT2D eigenvalue weighted by molar-refractivity contribution is 0.122. The number of carbonyl (C=O) groups is 1. The number of benzene rings is 2. The zero-order chi connectivity index (χ0) is 33.6. The van der Waals surface area contributed by atoms with E-state index in [0.29, 0.717) is 74.9 Å². The molecule has 2 aromatic carbocycles. The van der Waals surface area contributed by atoms with Gasteiger partial charge in [-0.25, -0.2) is 40.5 Å². The van der Waals surface area contributed by atoms with Gasteiger partial charge in [0.2, 0.25) is 25.9 Å². The van der Waals surface area contributed by atoms with Gasteiger partial charge in [0.15, 0.2) is 0 Å². The molecule has 250 valence electrons. The molecule has 4 rings (SSSR count). The molecule has 0 saturated carbocycles. The van der Waals surface area contributed by atoms with Crippen LogP contribution in [0, 0.1) is 18.6 Å². The highest BCUT2D eigenvalue weighted by Gasteiger charge is 2.29. The summed E-state index contributed by atoms with van der Waals surface area (Å²) >= 11 is 0. The maximum absolute atomic E-state index is 14.5. The first-order chi connectivity index (χ1) is 21.6. The summed E-state index contributed by atoms with van der Waals surface area (Å²) in [6.45, 7) is 6.30. The normalized spacial score (nSPS) is 14.6. The molecule has 1 aliphatic heterocycles. The molecular weight excluding hydrogens is 642 g/mol. The number of unbranched alkanes of at least 4 members (excludes halogenated alkanes) is 1. The van der Waals surface area contributed by atoms with Gasteiger partial charge in [-0.15, -0.1) is 0 Å². The van der Waals surface area contributed by atoms with E-state index < -0.39 is 48.3 Å². The minimum absolute atomic E-state index is 0.141. The molecule has 2 heterocycles. The number of carbonyl (C=O) groups excluding carboxylic acids is 1. The Hall–Kier alpha value is -3.86. The van der Waals surface area contributed by atoms with E-state index in [2.05, 4.69) is 19.9 Å². The molecule has 0 atom stereocenters. The van der Waals surface area contributed by atoms with Crippen LogP contribution in [0.2, 0.25) is 0 Å². The van der Waals surface area contributed by atoms with Crippen LogP contribution in [-0.4, -0.2) is 69.6 Å². The Morgan fingerprint density at radius 2 is 1.74 bits per heavy atom. The third-order valence-corrected chi connectivity index (χ3v) is 9.06. The van der Waals surface area contributed by atoms with Crippen molar-refractivity contribution in [2.45, 2.75) is 57.0 Å². The summed E-state index contributed by atoms with van der Waals surface area (Å²) in [6.07, 6.45) is 3.92. The van der Waals surface area contributed by atoms with E-state index in [0.717, 1.165) is 23.9 Å². The quantitative estimate of drug-likeness (QED) is 0.246. The van der Waals surface area contributed by atoms with Gasteiger partial charge in [-0.05, 0) is 62.1 Å². The highest BCUT2D eigenvalue weighted by atomic mass is 32.2. The minimum atomic E-state index is -4.46. The van der Waals surface area contributed by atoms with Gasteiger partial charge < -0.3 is 15.0 Å². The smallest absolute Gasteiger partial charge is 0.322 e. The number of nitrogens with zero attached hydrogens (tertiary/aromatic N) is 3. The van der Waals surface area contributed by atoms with E-state index in [1.807, 2.05) is 19.9 Å². The zero-order valence-corrected chi connectivity index (χ0v) is 27.4. The van der Waals surface area contributed by atoms with Crippen molar-refractivity contribution in [2.75, 3.05) is 35.9 Å². The number of nitrogens with one attached hydrogen (secondary N) is 2. The van der Waals surface area contributed by atoms with Crippen molar-refractivity contribution >= 4 is 37.5 Å². The van der Waals surface area contributed by atoms with E-state index in [1.165, 1.54) is 0 Å². The van der Waals surface area contributed by atoms with Crippen LogP contribution in [0.5, 0.6) is 11.6 Å². The lowest BCUT2D eigenvalue weighted by Gasteiger charge is -2.38. The summed E-state index contributed by atoms with van der Waals surface area (Å²) in [7, 11) is -7.84. The van der Waals surface area contributed by atoms with Crippen LogP contribution in [0.25, 0.3) is 0 Å². The highest BCUT2D eigenvalue weighted by Crippen LogP contribution is 2.27. The maximum Gasteiger partial charge on any atom is 0.322 e. The zero-order valence-electron chi connectivity index (χ0n) is 25.8. The number of nitrogens with two attached hydrogens (primary N) is 1. The number of hydrogen-bond acceptors (Lipinski definition) is 8. The van der Waals surface area contributed by atoms with E-state index in [1.54, 1.807) is 35.2 Å². The molecule has 46 heavy (non-hydrogen) atoms. The van der Waals surface area contributed by atoms with Crippen LogP contribution in [0.4, 0.5) is 25.0 Å². The average Bonchev–Trinajstić information content (AvgIpc) is 2.96. The Balaban J connectivity index is 1.36. The number of piperidine rings is 1. The number of hydrogen-bond donors (Lipinski definition) is 3.